The second-order valence-corrected chi connectivity index (χ2v) is 5.73. The first-order valence-corrected chi connectivity index (χ1v) is 7.13. The minimum Gasteiger partial charge on any atom is -0.383 e. The molecule has 1 heterocycles. The lowest BCUT2D eigenvalue weighted by Gasteiger charge is -2.24. The molecule has 7 heteroatoms. The van der Waals surface area contributed by atoms with Crippen molar-refractivity contribution in [1.82, 2.24) is 9.13 Å². The van der Waals surface area contributed by atoms with Crippen molar-refractivity contribution in [2.24, 2.45) is 7.05 Å². The van der Waals surface area contributed by atoms with E-state index in [9.17, 15) is 9.59 Å². The van der Waals surface area contributed by atoms with Crippen molar-refractivity contribution < 1.29 is 4.74 Å². The van der Waals surface area contributed by atoms with E-state index in [4.69, 9.17) is 10.5 Å². The Hall–Kier alpha value is -1.76. The average Bonchev–Trinajstić information content (AvgIpc) is 2.45. The summed E-state index contributed by atoms with van der Waals surface area (Å²) >= 11 is 0. The number of nitrogens with one attached hydrogen (secondary N) is 1. The quantitative estimate of drug-likeness (QED) is 0.775. The maximum atomic E-state index is 12.2. The van der Waals surface area contributed by atoms with E-state index in [-0.39, 0.29) is 17.2 Å². The van der Waals surface area contributed by atoms with Gasteiger partial charge in [0, 0.05) is 27.2 Å². The topological polar surface area (TPSA) is 91.3 Å². The number of hydrogen-bond acceptors (Lipinski definition) is 5. The molecule has 7 nitrogen and oxygen atoms in total. The van der Waals surface area contributed by atoms with Gasteiger partial charge in [0.1, 0.15) is 11.5 Å². The fraction of sp³-hybridized carbons (Fsp3) is 0.714. The summed E-state index contributed by atoms with van der Waals surface area (Å²) in [5, 5.41) is 3.01. The van der Waals surface area contributed by atoms with Crippen LogP contribution in [-0.4, -0.2) is 28.4 Å². The minimum atomic E-state index is -0.443. The van der Waals surface area contributed by atoms with Crippen LogP contribution in [0.3, 0.4) is 0 Å². The monoisotopic (exact) mass is 298 g/mol. The molecule has 0 spiro atoms. The van der Waals surface area contributed by atoms with Gasteiger partial charge in [0.15, 0.2) is 0 Å². The zero-order valence-corrected chi connectivity index (χ0v) is 13.5. The molecule has 0 unspecified atom stereocenters. The summed E-state index contributed by atoms with van der Waals surface area (Å²) in [5.41, 5.74) is 5.01. The summed E-state index contributed by atoms with van der Waals surface area (Å²) in [6.45, 7) is 6.73. The minimum absolute atomic E-state index is 0.184. The highest BCUT2D eigenvalue weighted by Gasteiger charge is 2.20. The van der Waals surface area contributed by atoms with Gasteiger partial charge in [0.25, 0.3) is 5.56 Å². The van der Waals surface area contributed by atoms with Gasteiger partial charge in [0.05, 0.1) is 5.60 Å². The highest BCUT2D eigenvalue weighted by Crippen LogP contribution is 2.14. The fourth-order valence-corrected chi connectivity index (χ4v) is 1.86. The molecule has 0 aliphatic carbocycles. The molecule has 1 rings (SSSR count). The number of methoxy groups -OCH3 is 1. The molecule has 0 fully saturated rings. The lowest BCUT2D eigenvalue weighted by molar-refractivity contribution is 0.0343. The van der Waals surface area contributed by atoms with Crippen LogP contribution in [0.1, 0.15) is 33.6 Å². The van der Waals surface area contributed by atoms with Crippen LogP contribution in [0.15, 0.2) is 9.59 Å². The Morgan fingerprint density at radius 2 is 1.95 bits per heavy atom. The number of nitrogens with zero attached hydrogens (tertiary/aromatic N) is 2. The van der Waals surface area contributed by atoms with E-state index >= 15 is 0 Å². The van der Waals surface area contributed by atoms with Crippen LogP contribution in [0.25, 0.3) is 0 Å². The summed E-state index contributed by atoms with van der Waals surface area (Å²) in [6.07, 6.45) is 1.76. The highest BCUT2D eigenvalue weighted by molar-refractivity contribution is 5.60. The molecule has 0 amide bonds. The van der Waals surface area contributed by atoms with Crippen molar-refractivity contribution in [3.8, 4) is 0 Å². The Labute approximate surface area is 124 Å². The average molecular weight is 298 g/mol. The zero-order valence-electron chi connectivity index (χ0n) is 13.5. The van der Waals surface area contributed by atoms with Crippen LogP contribution in [0.4, 0.5) is 11.5 Å². The first-order chi connectivity index (χ1) is 9.75. The Morgan fingerprint density at radius 3 is 2.48 bits per heavy atom. The Kier molecular flexibility index (Phi) is 5.60. The molecule has 1 aromatic rings. The summed E-state index contributed by atoms with van der Waals surface area (Å²) < 4.78 is 7.82. The van der Waals surface area contributed by atoms with Gasteiger partial charge in [-0.3, -0.25) is 13.9 Å². The fourth-order valence-electron chi connectivity index (χ4n) is 1.86. The molecular formula is C14H26N4O3. The molecule has 0 aromatic carbocycles. The van der Waals surface area contributed by atoms with Crippen LogP contribution >= 0.6 is 0 Å². The number of rotatable bonds is 7. The maximum Gasteiger partial charge on any atom is 0.332 e. The Morgan fingerprint density at radius 1 is 1.33 bits per heavy atom. The lowest BCUT2D eigenvalue weighted by atomic mass is 10.1. The number of aromatic nitrogens is 2. The highest BCUT2D eigenvalue weighted by atomic mass is 16.5. The van der Waals surface area contributed by atoms with Crippen LogP contribution in [0.2, 0.25) is 0 Å². The van der Waals surface area contributed by atoms with E-state index in [0.29, 0.717) is 13.1 Å². The van der Waals surface area contributed by atoms with E-state index in [0.717, 1.165) is 17.4 Å². The second kappa shape index (κ2) is 6.80. The van der Waals surface area contributed by atoms with Crippen molar-refractivity contribution >= 4 is 11.5 Å². The molecule has 0 aliphatic rings. The van der Waals surface area contributed by atoms with E-state index < -0.39 is 11.2 Å². The number of ether oxygens (including phenoxy) is 1. The summed E-state index contributed by atoms with van der Waals surface area (Å²) in [7, 11) is 3.06. The van der Waals surface area contributed by atoms with Crippen molar-refractivity contribution in [2.75, 3.05) is 24.7 Å². The molecule has 1 aromatic heterocycles. The van der Waals surface area contributed by atoms with Gasteiger partial charge in [0.2, 0.25) is 0 Å². The van der Waals surface area contributed by atoms with Crippen molar-refractivity contribution in [3.05, 3.63) is 20.8 Å². The van der Waals surface area contributed by atoms with Gasteiger partial charge in [-0.1, -0.05) is 13.3 Å². The molecule has 21 heavy (non-hydrogen) atoms. The van der Waals surface area contributed by atoms with Gasteiger partial charge in [-0.15, -0.1) is 0 Å². The van der Waals surface area contributed by atoms with Crippen LogP contribution in [-0.2, 0) is 18.3 Å². The molecule has 0 saturated heterocycles. The molecular weight excluding hydrogens is 272 g/mol. The van der Waals surface area contributed by atoms with E-state index in [1.165, 1.54) is 11.6 Å². The SMILES string of the molecule is CCCCn1c(N)c(NCC(C)(C)OC)c(=O)n(C)c1=O. The predicted octanol–water partition coefficient (Wildman–Crippen LogP) is 0.766. The van der Waals surface area contributed by atoms with E-state index in [1.807, 2.05) is 20.8 Å². The van der Waals surface area contributed by atoms with E-state index in [1.54, 1.807) is 7.11 Å². The lowest BCUT2D eigenvalue weighted by Crippen LogP contribution is -2.42. The normalized spacial score (nSPS) is 11.7. The van der Waals surface area contributed by atoms with Gasteiger partial charge < -0.3 is 15.8 Å². The molecule has 0 radical (unpaired) electrons. The van der Waals surface area contributed by atoms with Crippen molar-refractivity contribution in [3.63, 3.8) is 0 Å². The van der Waals surface area contributed by atoms with Gasteiger partial charge in [-0.25, -0.2) is 4.79 Å². The van der Waals surface area contributed by atoms with Gasteiger partial charge in [-0.05, 0) is 20.3 Å². The van der Waals surface area contributed by atoms with E-state index in [2.05, 4.69) is 5.32 Å². The standard InChI is InChI=1S/C14H26N4O3/c1-6-7-8-18-11(15)10(12(19)17(4)13(18)20)16-9-14(2,3)21-5/h16H,6-9,15H2,1-5H3. The number of nitrogen functional groups attached to an aromatic ring is 1. The number of unbranched alkanes of at least 4 members (excludes halogenated alkanes) is 1. The van der Waals surface area contributed by atoms with Crippen molar-refractivity contribution in [1.29, 1.82) is 0 Å². The Balaban J connectivity index is 3.23. The third-order valence-corrected chi connectivity index (χ3v) is 3.56. The van der Waals surface area contributed by atoms with Crippen molar-refractivity contribution in [2.45, 2.75) is 45.8 Å². The number of hydrogen-bond donors (Lipinski definition) is 2. The summed E-state index contributed by atoms with van der Waals surface area (Å²) in [6, 6.07) is 0. The maximum absolute atomic E-state index is 12.2. The molecule has 0 bridgehead atoms. The first kappa shape index (κ1) is 17.3. The van der Waals surface area contributed by atoms with Gasteiger partial charge >= 0.3 is 5.69 Å². The third-order valence-electron chi connectivity index (χ3n) is 3.56. The first-order valence-electron chi connectivity index (χ1n) is 7.13. The summed E-state index contributed by atoms with van der Waals surface area (Å²) in [5.74, 6) is 0.184. The number of nitrogens with two attached hydrogens (primary N) is 1. The molecule has 120 valence electrons. The van der Waals surface area contributed by atoms with Crippen LogP contribution in [0.5, 0.6) is 0 Å². The second-order valence-electron chi connectivity index (χ2n) is 5.73. The predicted molar refractivity (Wildman–Crippen MR) is 84.8 cm³/mol. The molecule has 3 N–H and O–H groups in total. The Bertz CT molecular complexity index is 601. The zero-order chi connectivity index (χ0) is 16.2. The third kappa shape index (κ3) is 3.87. The smallest absolute Gasteiger partial charge is 0.332 e. The molecule has 0 aliphatic heterocycles. The largest absolute Gasteiger partial charge is 0.383 e. The number of anilines is 2. The van der Waals surface area contributed by atoms with Gasteiger partial charge in [-0.2, -0.15) is 0 Å². The van der Waals surface area contributed by atoms with Crippen LogP contribution < -0.4 is 22.3 Å². The summed E-state index contributed by atoms with van der Waals surface area (Å²) in [4.78, 5) is 24.3. The molecule has 0 saturated carbocycles. The van der Waals surface area contributed by atoms with Crippen LogP contribution in [0, 0.1) is 0 Å². The molecule has 0 atom stereocenters.